The molecule has 0 spiro atoms. The number of halogens is 4. The van der Waals surface area contributed by atoms with E-state index in [0.717, 1.165) is 12.1 Å². The summed E-state index contributed by atoms with van der Waals surface area (Å²) in [5.74, 6) is -1.47. The van der Waals surface area contributed by atoms with Crippen molar-refractivity contribution in [1.29, 1.82) is 0 Å². The molecule has 1 aromatic rings. The molecule has 10 heteroatoms. The number of hydrogen-bond donors (Lipinski definition) is 1. The number of carboxylic acid groups (broad SMARTS) is 1. The largest absolute Gasteiger partial charge is 0.480 e. The van der Waals surface area contributed by atoms with Gasteiger partial charge >= 0.3 is 12.1 Å². The zero-order valence-corrected chi connectivity index (χ0v) is 13.1. The first-order valence-corrected chi connectivity index (χ1v) is 7.79. The fourth-order valence-electron chi connectivity index (χ4n) is 1.75. The zero-order valence-electron chi connectivity index (χ0n) is 11.6. The predicted molar refractivity (Wildman–Crippen MR) is 73.1 cm³/mol. The van der Waals surface area contributed by atoms with E-state index in [9.17, 15) is 26.4 Å². The third-order valence-electron chi connectivity index (χ3n) is 2.70. The molecule has 5 nitrogen and oxygen atoms in total. The summed E-state index contributed by atoms with van der Waals surface area (Å²) in [5.41, 5.74) is -1.43. The van der Waals surface area contributed by atoms with Crippen LogP contribution in [0.2, 0.25) is 5.02 Å². The van der Waals surface area contributed by atoms with Gasteiger partial charge in [0.05, 0.1) is 10.5 Å². The number of carboxylic acids is 1. The molecule has 0 unspecified atom stereocenters. The number of benzene rings is 1. The molecule has 0 bridgehead atoms. The first-order chi connectivity index (χ1) is 9.87. The number of aliphatic carboxylic acids is 1. The van der Waals surface area contributed by atoms with Gasteiger partial charge in [0, 0.05) is 11.1 Å². The number of nitrogens with zero attached hydrogens (tertiary/aromatic N) is 1. The van der Waals surface area contributed by atoms with Gasteiger partial charge in [-0.3, -0.25) is 4.79 Å². The fraction of sp³-hybridized carbons (Fsp3) is 0.417. The highest BCUT2D eigenvalue weighted by atomic mass is 35.5. The first kappa shape index (κ1) is 18.7. The summed E-state index contributed by atoms with van der Waals surface area (Å²) in [5, 5.41) is 8.49. The minimum Gasteiger partial charge on any atom is -0.480 e. The second-order valence-corrected chi connectivity index (χ2v) is 6.97. The highest BCUT2D eigenvalue weighted by Crippen LogP contribution is 2.37. The van der Waals surface area contributed by atoms with Crippen molar-refractivity contribution in [2.45, 2.75) is 31.0 Å². The van der Waals surface area contributed by atoms with Crippen LogP contribution in [0, 0.1) is 0 Å². The van der Waals surface area contributed by atoms with Gasteiger partial charge in [0.2, 0.25) is 10.0 Å². The van der Waals surface area contributed by atoms with Crippen LogP contribution >= 0.6 is 11.6 Å². The van der Waals surface area contributed by atoms with Crippen molar-refractivity contribution in [3.63, 3.8) is 0 Å². The third kappa shape index (κ3) is 4.11. The molecule has 1 rings (SSSR count). The molecule has 22 heavy (non-hydrogen) atoms. The van der Waals surface area contributed by atoms with Crippen molar-refractivity contribution in [1.82, 2.24) is 4.31 Å². The van der Waals surface area contributed by atoms with E-state index in [4.69, 9.17) is 16.7 Å². The third-order valence-corrected chi connectivity index (χ3v) is 5.02. The van der Waals surface area contributed by atoms with Crippen molar-refractivity contribution in [3.05, 3.63) is 28.8 Å². The molecule has 0 aliphatic heterocycles. The molecule has 0 atom stereocenters. The minimum atomic E-state index is -4.95. The maximum atomic E-state index is 13.0. The molecule has 0 heterocycles. The summed E-state index contributed by atoms with van der Waals surface area (Å²) >= 11 is 5.50. The number of sulfonamides is 1. The quantitative estimate of drug-likeness (QED) is 0.877. The lowest BCUT2D eigenvalue weighted by atomic mass is 10.2. The van der Waals surface area contributed by atoms with E-state index in [2.05, 4.69) is 0 Å². The second-order valence-electron chi connectivity index (χ2n) is 4.68. The molecule has 0 saturated heterocycles. The van der Waals surface area contributed by atoms with Crippen LogP contribution in [-0.4, -0.2) is 36.4 Å². The second kappa shape index (κ2) is 6.43. The molecular formula is C12H13ClF3NO4S. The molecular weight excluding hydrogens is 347 g/mol. The van der Waals surface area contributed by atoms with Crippen LogP contribution < -0.4 is 0 Å². The van der Waals surface area contributed by atoms with Gasteiger partial charge in [-0.2, -0.15) is 17.5 Å². The average molecular weight is 360 g/mol. The Bertz CT molecular complexity index is 673. The smallest absolute Gasteiger partial charge is 0.417 e. The van der Waals surface area contributed by atoms with Gasteiger partial charge in [-0.25, -0.2) is 8.42 Å². The highest BCUT2D eigenvalue weighted by molar-refractivity contribution is 7.89. The first-order valence-electron chi connectivity index (χ1n) is 5.97. The summed E-state index contributed by atoms with van der Waals surface area (Å²) in [6.45, 7) is 1.78. The molecule has 0 radical (unpaired) electrons. The number of carbonyl (C=O) groups is 1. The average Bonchev–Trinajstić information content (AvgIpc) is 2.33. The summed E-state index contributed by atoms with van der Waals surface area (Å²) in [6, 6.07) is 1.38. The van der Waals surface area contributed by atoms with Crippen molar-refractivity contribution in [3.8, 4) is 0 Å². The van der Waals surface area contributed by atoms with Crippen molar-refractivity contribution >= 4 is 27.6 Å². The standard InChI is InChI=1S/C12H13ClF3NO4S/c1-7(2)17(6-11(18)19)22(20,21)10-4-3-8(13)5-9(10)12(14,15)16/h3-5,7H,6H2,1-2H3,(H,18,19). The van der Waals surface area contributed by atoms with Crippen molar-refractivity contribution in [2.24, 2.45) is 0 Å². The Morgan fingerprint density at radius 3 is 2.32 bits per heavy atom. The Labute approximate surface area is 130 Å². The van der Waals surface area contributed by atoms with Crippen molar-refractivity contribution in [2.75, 3.05) is 6.54 Å². The lowest BCUT2D eigenvalue weighted by Gasteiger charge is -2.25. The number of alkyl halides is 3. The van der Waals surface area contributed by atoms with Gasteiger partial charge in [-0.05, 0) is 32.0 Å². The summed E-state index contributed by atoms with van der Waals surface area (Å²) in [7, 11) is -4.65. The Kier molecular flexibility index (Phi) is 5.47. The Morgan fingerprint density at radius 2 is 1.91 bits per heavy atom. The van der Waals surface area contributed by atoms with Crippen LogP contribution in [0.15, 0.2) is 23.1 Å². The van der Waals surface area contributed by atoms with Crippen LogP contribution in [0.25, 0.3) is 0 Å². The van der Waals surface area contributed by atoms with E-state index in [1.807, 2.05) is 0 Å². The van der Waals surface area contributed by atoms with Crippen LogP contribution in [0.5, 0.6) is 0 Å². The molecule has 0 saturated carbocycles. The predicted octanol–water partition coefficient (Wildman–Crippen LogP) is 2.84. The fourth-order valence-corrected chi connectivity index (χ4v) is 3.71. The zero-order chi connectivity index (χ0) is 17.3. The van der Waals surface area contributed by atoms with Crippen LogP contribution in [0.1, 0.15) is 19.4 Å². The Balaban J connectivity index is 3.54. The Morgan fingerprint density at radius 1 is 1.36 bits per heavy atom. The van der Waals surface area contributed by atoms with Crippen LogP contribution in [-0.2, 0) is 21.0 Å². The van der Waals surface area contributed by atoms with Gasteiger partial charge in [-0.15, -0.1) is 0 Å². The molecule has 1 aromatic carbocycles. The number of hydrogen-bond acceptors (Lipinski definition) is 3. The molecule has 1 N–H and O–H groups in total. The van der Waals surface area contributed by atoms with E-state index >= 15 is 0 Å². The lowest BCUT2D eigenvalue weighted by Crippen LogP contribution is -2.41. The SMILES string of the molecule is CC(C)N(CC(=O)O)S(=O)(=O)c1ccc(Cl)cc1C(F)(F)F. The molecule has 0 aromatic heterocycles. The van der Waals surface area contributed by atoms with Gasteiger partial charge < -0.3 is 5.11 Å². The van der Waals surface area contributed by atoms with Gasteiger partial charge in [0.1, 0.15) is 6.54 Å². The van der Waals surface area contributed by atoms with E-state index in [-0.39, 0.29) is 5.02 Å². The molecule has 0 fully saturated rings. The van der Waals surface area contributed by atoms with E-state index in [1.165, 1.54) is 13.8 Å². The topological polar surface area (TPSA) is 74.7 Å². The summed E-state index contributed by atoms with van der Waals surface area (Å²) in [4.78, 5) is 9.75. The molecule has 124 valence electrons. The molecule has 0 amide bonds. The van der Waals surface area contributed by atoms with Crippen LogP contribution in [0.4, 0.5) is 13.2 Å². The highest BCUT2D eigenvalue weighted by Gasteiger charge is 2.40. The van der Waals surface area contributed by atoms with Gasteiger partial charge in [-0.1, -0.05) is 11.6 Å². The lowest BCUT2D eigenvalue weighted by molar-refractivity contribution is -0.140. The normalized spacial score (nSPS) is 12.9. The monoisotopic (exact) mass is 359 g/mol. The van der Waals surface area contributed by atoms with Gasteiger partial charge in [0.25, 0.3) is 0 Å². The molecule has 0 aliphatic carbocycles. The maximum Gasteiger partial charge on any atom is 0.417 e. The van der Waals surface area contributed by atoms with Gasteiger partial charge in [0.15, 0.2) is 0 Å². The Hall–Kier alpha value is -1.32. The van der Waals surface area contributed by atoms with Crippen LogP contribution in [0.3, 0.4) is 0 Å². The summed E-state index contributed by atoms with van der Waals surface area (Å²) < 4.78 is 64.4. The minimum absolute atomic E-state index is 0.277. The van der Waals surface area contributed by atoms with E-state index in [0.29, 0.717) is 10.4 Å². The molecule has 0 aliphatic rings. The van der Waals surface area contributed by atoms with E-state index in [1.54, 1.807) is 0 Å². The maximum absolute atomic E-state index is 13.0. The van der Waals surface area contributed by atoms with Crippen molar-refractivity contribution < 1.29 is 31.5 Å². The number of rotatable bonds is 5. The summed E-state index contributed by atoms with van der Waals surface area (Å²) in [6.07, 6.45) is -4.95. The van der Waals surface area contributed by atoms with E-state index < -0.39 is 45.2 Å².